The number of benzene rings is 1. The summed E-state index contributed by atoms with van der Waals surface area (Å²) in [6.07, 6.45) is 0.723. The first-order valence-electron chi connectivity index (χ1n) is 8.33. The van der Waals surface area contributed by atoms with Gasteiger partial charge in [0.25, 0.3) is 0 Å². The van der Waals surface area contributed by atoms with Crippen molar-refractivity contribution in [3.63, 3.8) is 0 Å². The Balaban J connectivity index is 1.49. The number of anilines is 1. The lowest BCUT2D eigenvalue weighted by molar-refractivity contribution is -0.0163. The lowest BCUT2D eigenvalue weighted by atomic mass is 10.1. The zero-order valence-corrected chi connectivity index (χ0v) is 15.8. The number of rotatable bonds is 7. The van der Waals surface area contributed by atoms with E-state index in [1.807, 2.05) is 31.2 Å². The topological polar surface area (TPSA) is 70.5 Å². The Morgan fingerprint density at radius 2 is 2.00 bits per heavy atom. The predicted molar refractivity (Wildman–Crippen MR) is 101 cm³/mol. The van der Waals surface area contributed by atoms with Crippen molar-refractivity contribution < 1.29 is 9.84 Å². The van der Waals surface area contributed by atoms with E-state index < -0.39 is 5.60 Å². The molecule has 1 saturated heterocycles. The number of aromatic nitrogens is 2. The minimum absolute atomic E-state index is 0.430. The molecule has 0 amide bonds. The second kappa shape index (κ2) is 8.42. The smallest absolute Gasteiger partial charge is 0.205 e. The summed E-state index contributed by atoms with van der Waals surface area (Å²) >= 11 is 7.41. The van der Waals surface area contributed by atoms with E-state index in [4.69, 9.17) is 16.3 Å². The molecule has 0 saturated carbocycles. The Hall–Kier alpha value is -1.25. The molecular formula is C17H23ClN4O2S. The molecule has 2 aromatic rings. The highest BCUT2D eigenvalue weighted by molar-refractivity contribution is 7.15. The summed E-state index contributed by atoms with van der Waals surface area (Å²) < 4.78 is 5.34. The largest absolute Gasteiger partial charge is 0.387 e. The van der Waals surface area contributed by atoms with Gasteiger partial charge in [0.05, 0.1) is 18.8 Å². The highest BCUT2D eigenvalue weighted by Gasteiger charge is 2.25. The van der Waals surface area contributed by atoms with Crippen LogP contribution in [0.3, 0.4) is 0 Å². The normalized spacial score (nSPS) is 18.0. The van der Waals surface area contributed by atoms with Gasteiger partial charge in [-0.15, -0.1) is 10.2 Å². The van der Waals surface area contributed by atoms with E-state index >= 15 is 0 Å². The summed E-state index contributed by atoms with van der Waals surface area (Å²) in [5.41, 5.74) is 0.311. The van der Waals surface area contributed by atoms with Crippen LogP contribution in [0.4, 0.5) is 5.13 Å². The van der Waals surface area contributed by atoms with E-state index in [-0.39, 0.29) is 0 Å². The van der Waals surface area contributed by atoms with Crippen LogP contribution in [0.1, 0.15) is 17.5 Å². The molecule has 1 aromatic heterocycles. The van der Waals surface area contributed by atoms with Crippen LogP contribution in [0.5, 0.6) is 0 Å². The Morgan fingerprint density at radius 3 is 2.72 bits per heavy atom. The van der Waals surface area contributed by atoms with Crippen LogP contribution in [0.25, 0.3) is 0 Å². The first kappa shape index (κ1) is 18.5. The number of morpholine rings is 1. The molecule has 1 aromatic carbocycles. The van der Waals surface area contributed by atoms with Crippen LogP contribution in [0.15, 0.2) is 24.3 Å². The molecule has 0 spiro atoms. The first-order chi connectivity index (χ1) is 12.0. The molecule has 2 N–H and O–H groups in total. The van der Waals surface area contributed by atoms with Crippen LogP contribution >= 0.6 is 22.9 Å². The van der Waals surface area contributed by atoms with E-state index in [0.29, 0.717) is 13.1 Å². The van der Waals surface area contributed by atoms with E-state index in [1.54, 1.807) is 0 Å². The number of aliphatic hydroxyl groups is 1. The lowest BCUT2D eigenvalue weighted by Gasteiger charge is -2.33. The summed E-state index contributed by atoms with van der Waals surface area (Å²) in [6, 6.07) is 7.73. The molecular weight excluding hydrogens is 360 g/mol. The molecule has 1 fully saturated rings. The summed E-state index contributed by atoms with van der Waals surface area (Å²) in [7, 11) is 0. The molecule has 3 rings (SSSR count). The number of nitrogens with one attached hydrogen (secondary N) is 1. The second-order valence-corrected chi connectivity index (χ2v) is 8.04. The fourth-order valence-corrected chi connectivity index (χ4v) is 3.63. The number of halogens is 1. The van der Waals surface area contributed by atoms with Crippen LogP contribution < -0.4 is 5.32 Å². The van der Waals surface area contributed by atoms with Crippen LogP contribution in [0, 0.1) is 0 Å². The van der Waals surface area contributed by atoms with Gasteiger partial charge in [0, 0.05) is 37.6 Å². The van der Waals surface area contributed by atoms with Gasteiger partial charge < -0.3 is 15.2 Å². The zero-order chi connectivity index (χ0) is 17.7. The molecule has 1 aliphatic heterocycles. The van der Waals surface area contributed by atoms with E-state index in [1.165, 1.54) is 11.3 Å². The number of ether oxygens (including phenoxy) is 1. The number of nitrogens with zero attached hydrogens (tertiary/aromatic N) is 3. The minimum atomic E-state index is -0.834. The predicted octanol–water partition coefficient (Wildman–Crippen LogP) is 2.28. The Kier molecular flexibility index (Phi) is 6.24. The molecule has 1 atom stereocenters. The second-order valence-electron chi connectivity index (χ2n) is 6.54. The minimum Gasteiger partial charge on any atom is -0.387 e. The molecule has 25 heavy (non-hydrogen) atoms. The van der Waals surface area contributed by atoms with Crippen molar-refractivity contribution >= 4 is 28.1 Å². The fraction of sp³-hybridized carbons (Fsp3) is 0.529. The van der Waals surface area contributed by atoms with Gasteiger partial charge in [-0.2, -0.15) is 0 Å². The standard InChI is InChI=1S/C17H23ClN4O2S/c1-17(23,12-22-6-8-24-9-7-22)11-19-16-21-20-15(25-16)10-13-2-4-14(18)5-3-13/h2-5,23H,6-12H2,1H3,(H,19,21). The Labute approximate surface area is 156 Å². The van der Waals surface area contributed by atoms with Crippen molar-refractivity contribution in [3.05, 3.63) is 39.9 Å². The molecule has 1 aliphatic rings. The average molecular weight is 383 g/mol. The van der Waals surface area contributed by atoms with Crippen molar-refractivity contribution in [1.29, 1.82) is 0 Å². The highest BCUT2D eigenvalue weighted by atomic mass is 35.5. The van der Waals surface area contributed by atoms with Crippen molar-refractivity contribution in [1.82, 2.24) is 15.1 Å². The number of hydrogen-bond acceptors (Lipinski definition) is 7. The summed E-state index contributed by atoms with van der Waals surface area (Å²) in [5.74, 6) is 0. The van der Waals surface area contributed by atoms with Crippen LogP contribution in [-0.4, -0.2) is 65.2 Å². The van der Waals surface area contributed by atoms with Gasteiger partial charge in [0.15, 0.2) is 0 Å². The third-order valence-electron chi connectivity index (χ3n) is 4.02. The van der Waals surface area contributed by atoms with Gasteiger partial charge in [-0.05, 0) is 24.6 Å². The maximum Gasteiger partial charge on any atom is 0.205 e. The van der Waals surface area contributed by atoms with Crippen LogP contribution in [-0.2, 0) is 11.2 Å². The lowest BCUT2D eigenvalue weighted by Crippen LogP contribution is -2.49. The van der Waals surface area contributed by atoms with E-state index in [9.17, 15) is 5.11 Å². The monoisotopic (exact) mass is 382 g/mol. The number of β-amino-alcohol motifs (C(OH)–C–C–N with tert-alkyl or cyclic N) is 1. The molecule has 0 aliphatic carbocycles. The van der Waals surface area contributed by atoms with Crippen molar-refractivity contribution in [2.45, 2.75) is 18.9 Å². The molecule has 6 nitrogen and oxygen atoms in total. The molecule has 1 unspecified atom stereocenters. The molecule has 0 bridgehead atoms. The maximum atomic E-state index is 10.6. The summed E-state index contributed by atoms with van der Waals surface area (Å²) in [5, 5.41) is 24.6. The van der Waals surface area contributed by atoms with Gasteiger partial charge in [-0.25, -0.2) is 0 Å². The van der Waals surface area contributed by atoms with Gasteiger partial charge in [0.2, 0.25) is 5.13 Å². The molecule has 8 heteroatoms. The van der Waals surface area contributed by atoms with Gasteiger partial charge >= 0.3 is 0 Å². The van der Waals surface area contributed by atoms with Crippen LogP contribution in [0.2, 0.25) is 5.02 Å². The Bertz CT molecular complexity index is 672. The average Bonchev–Trinajstić information content (AvgIpc) is 3.03. The number of hydrogen-bond donors (Lipinski definition) is 2. The SMILES string of the molecule is CC(O)(CNc1nnc(Cc2ccc(Cl)cc2)s1)CN1CCOCC1. The zero-order valence-electron chi connectivity index (χ0n) is 14.2. The van der Waals surface area contributed by atoms with E-state index in [2.05, 4.69) is 20.4 Å². The molecule has 0 radical (unpaired) electrons. The van der Waals surface area contributed by atoms with Crippen molar-refractivity contribution in [2.24, 2.45) is 0 Å². The van der Waals surface area contributed by atoms with Crippen molar-refractivity contribution in [2.75, 3.05) is 44.7 Å². The molecule has 2 heterocycles. The Morgan fingerprint density at radius 1 is 1.28 bits per heavy atom. The van der Waals surface area contributed by atoms with Gasteiger partial charge in [-0.3, -0.25) is 4.90 Å². The third kappa shape index (κ3) is 5.90. The quantitative estimate of drug-likeness (QED) is 0.765. The van der Waals surface area contributed by atoms with E-state index in [0.717, 1.165) is 53.4 Å². The highest BCUT2D eigenvalue weighted by Crippen LogP contribution is 2.20. The summed E-state index contributed by atoms with van der Waals surface area (Å²) in [6.45, 7) is 6.06. The fourth-order valence-electron chi connectivity index (χ4n) is 2.74. The maximum absolute atomic E-state index is 10.6. The van der Waals surface area contributed by atoms with Gasteiger partial charge in [0.1, 0.15) is 5.01 Å². The third-order valence-corrected chi connectivity index (χ3v) is 5.16. The first-order valence-corrected chi connectivity index (χ1v) is 9.53. The molecule has 136 valence electrons. The summed E-state index contributed by atoms with van der Waals surface area (Å²) in [4.78, 5) is 2.22. The van der Waals surface area contributed by atoms with Crippen molar-refractivity contribution in [3.8, 4) is 0 Å². The van der Waals surface area contributed by atoms with Gasteiger partial charge in [-0.1, -0.05) is 35.1 Å².